The van der Waals surface area contributed by atoms with Gasteiger partial charge < -0.3 is 5.73 Å². The highest BCUT2D eigenvalue weighted by Crippen LogP contribution is 2.36. The van der Waals surface area contributed by atoms with Gasteiger partial charge in [0.1, 0.15) is 12.1 Å². The summed E-state index contributed by atoms with van der Waals surface area (Å²) in [6.07, 6.45) is 5.57. The molecule has 10 heteroatoms. The Morgan fingerprint density at radius 3 is 2.82 bits per heavy atom. The van der Waals surface area contributed by atoms with Crippen LogP contribution in [0.15, 0.2) is 35.1 Å². The van der Waals surface area contributed by atoms with Crippen LogP contribution in [0.5, 0.6) is 0 Å². The van der Waals surface area contributed by atoms with Crippen LogP contribution in [0.2, 0.25) is 0 Å². The van der Waals surface area contributed by atoms with Gasteiger partial charge in [0, 0.05) is 37.0 Å². The number of thiazole rings is 1. The van der Waals surface area contributed by atoms with Gasteiger partial charge in [-0.05, 0) is 38.0 Å². The number of aryl methyl sites for hydroxylation is 2. The molecule has 0 saturated carbocycles. The van der Waals surface area contributed by atoms with Gasteiger partial charge in [0.05, 0.1) is 16.4 Å². The van der Waals surface area contributed by atoms with Crippen LogP contribution in [0.25, 0.3) is 11.1 Å². The zero-order valence-electron chi connectivity index (χ0n) is 15.5. The van der Waals surface area contributed by atoms with E-state index in [2.05, 4.69) is 19.9 Å². The van der Waals surface area contributed by atoms with E-state index in [-0.39, 0.29) is 5.92 Å². The first-order valence-corrected chi connectivity index (χ1v) is 11.1. The molecule has 0 spiro atoms. The number of aromatic nitrogens is 4. The molecule has 0 bridgehead atoms. The molecule has 0 radical (unpaired) electrons. The molecule has 3 aromatic heterocycles. The van der Waals surface area contributed by atoms with E-state index in [0.717, 1.165) is 21.8 Å². The summed E-state index contributed by atoms with van der Waals surface area (Å²) in [5, 5.41) is 0.750. The van der Waals surface area contributed by atoms with Crippen molar-refractivity contribution >= 4 is 27.2 Å². The van der Waals surface area contributed by atoms with Crippen LogP contribution in [-0.2, 0) is 10.0 Å². The molecular weight excluding hydrogens is 396 g/mol. The molecule has 0 amide bonds. The fourth-order valence-electron chi connectivity index (χ4n) is 3.54. The first-order valence-electron chi connectivity index (χ1n) is 8.82. The number of anilines is 1. The minimum absolute atomic E-state index is 0.0171. The maximum absolute atomic E-state index is 13.1. The Bertz CT molecular complexity index is 1130. The Balaban J connectivity index is 1.65. The molecule has 1 saturated heterocycles. The zero-order chi connectivity index (χ0) is 19.9. The number of pyridine rings is 1. The van der Waals surface area contributed by atoms with Crippen molar-refractivity contribution in [3.8, 4) is 11.1 Å². The van der Waals surface area contributed by atoms with Gasteiger partial charge in [-0.1, -0.05) is 0 Å². The SMILES string of the molecule is Cc1nc(C)c(S(=O)(=O)N2CC[C@H](c3ncncc3-c3ccnc(N)c3)C2)s1. The lowest BCUT2D eigenvalue weighted by atomic mass is 9.96. The number of hydrogen-bond acceptors (Lipinski definition) is 8. The average molecular weight is 417 g/mol. The molecule has 1 aliphatic heterocycles. The Labute approximate surface area is 167 Å². The summed E-state index contributed by atoms with van der Waals surface area (Å²) in [6.45, 7) is 4.38. The van der Waals surface area contributed by atoms with E-state index in [9.17, 15) is 8.42 Å². The van der Waals surface area contributed by atoms with Crippen molar-refractivity contribution in [1.82, 2.24) is 24.2 Å². The molecule has 146 valence electrons. The highest BCUT2D eigenvalue weighted by Gasteiger charge is 2.36. The van der Waals surface area contributed by atoms with Crippen LogP contribution in [0, 0.1) is 13.8 Å². The van der Waals surface area contributed by atoms with Crippen LogP contribution in [0.4, 0.5) is 5.82 Å². The van der Waals surface area contributed by atoms with Crippen molar-refractivity contribution in [3.63, 3.8) is 0 Å². The smallest absolute Gasteiger partial charge is 0.254 e. The lowest BCUT2D eigenvalue weighted by molar-refractivity contribution is 0.473. The maximum Gasteiger partial charge on any atom is 0.254 e. The molecule has 2 N–H and O–H groups in total. The molecular formula is C18H20N6O2S2. The first kappa shape index (κ1) is 18.9. The van der Waals surface area contributed by atoms with E-state index in [0.29, 0.717) is 35.2 Å². The summed E-state index contributed by atoms with van der Waals surface area (Å²) >= 11 is 1.22. The second-order valence-corrected chi connectivity index (χ2v) is 10.1. The quantitative estimate of drug-likeness (QED) is 0.694. The van der Waals surface area contributed by atoms with E-state index in [1.54, 1.807) is 25.4 Å². The van der Waals surface area contributed by atoms with Crippen LogP contribution in [-0.4, -0.2) is 45.7 Å². The van der Waals surface area contributed by atoms with E-state index >= 15 is 0 Å². The highest BCUT2D eigenvalue weighted by atomic mass is 32.2. The highest BCUT2D eigenvalue weighted by molar-refractivity contribution is 7.91. The fraction of sp³-hybridized carbons (Fsp3) is 0.333. The minimum atomic E-state index is -3.56. The van der Waals surface area contributed by atoms with Gasteiger partial charge in [0.25, 0.3) is 10.0 Å². The monoisotopic (exact) mass is 416 g/mol. The number of nitrogens with two attached hydrogens (primary N) is 1. The molecule has 3 aromatic rings. The van der Waals surface area contributed by atoms with Gasteiger partial charge in [-0.15, -0.1) is 11.3 Å². The van der Waals surface area contributed by atoms with Crippen molar-refractivity contribution in [2.45, 2.75) is 30.4 Å². The topological polar surface area (TPSA) is 115 Å². The lowest BCUT2D eigenvalue weighted by Crippen LogP contribution is -2.28. The summed E-state index contributed by atoms with van der Waals surface area (Å²) in [4.78, 5) is 16.9. The molecule has 0 unspecified atom stereocenters. The Morgan fingerprint density at radius 2 is 2.11 bits per heavy atom. The lowest BCUT2D eigenvalue weighted by Gasteiger charge is -2.17. The molecule has 4 heterocycles. The summed E-state index contributed by atoms with van der Waals surface area (Å²) in [5.41, 5.74) is 8.93. The summed E-state index contributed by atoms with van der Waals surface area (Å²) < 4.78 is 28.0. The normalized spacial score (nSPS) is 17.9. The van der Waals surface area contributed by atoms with Crippen molar-refractivity contribution in [1.29, 1.82) is 0 Å². The molecule has 8 nitrogen and oxygen atoms in total. The maximum atomic E-state index is 13.1. The van der Waals surface area contributed by atoms with Crippen molar-refractivity contribution in [2.24, 2.45) is 0 Å². The number of rotatable bonds is 4. The van der Waals surface area contributed by atoms with Crippen LogP contribution >= 0.6 is 11.3 Å². The van der Waals surface area contributed by atoms with E-state index < -0.39 is 10.0 Å². The molecule has 4 rings (SSSR count). The number of hydrogen-bond donors (Lipinski definition) is 1. The molecule has 1 atom stereocenters. The van der Waals surface area contributed by atoms with Crippen molar-refractivity contribution in [2.75, 3.05) is 18.8 Å². The van der Waals surface area contributed by atoms with Crippen LogP contribution < -0.4 is 5.73 Å². The minimum Gasteiger partial charge on any atom is -0.384 e. The van der Waals surface area contributed by atoms with Crippen LogP contribution in [0.1, 0.15) is 28.7 Å². The molecule has 0 aliphatic carbocycles. The van der Waals surface area contributed by atoms with E-state index in [1.165, 1.54) is 22.0 Å². The Kier molecular flexibility index (Phi) is 4.86. The standard InChI is InChI=1S/C18H20N6O2S2/c1-11-18(27-12(2)23-11)28(25,26)24-6-4-14(9-24)17-15(8-20-10-22-17)13-3-5-21-16(19)7-13/h3,5,7-8,10,14H,4,6,9H2,1-2H3,(H2,19,21)/t14-/m0/s1. The second-order valence-electron chi connectivity index (χ2n) is 6.75. The van der Waals surface area contributed by atoms with Gasteiger partial charge in [-0.2, -0.15) is 4.31 Å². The summed E-state index contributed by atoms with van der Waals surface area (Å²) in [5.74, 6) is 0.399. The van der Waals surface area contributed by atoms with Gasteiger partial charge in [-0.3, -0.25) is 0 Å². The van der Waals surface area contributed by atoms with Gasteiger partial charge in [0.15, 0.2) is 4.21 Å². The third kappa shape index (κ3) is 3.38. The Hall–Kier alpha value is -2.43. The van der Waals surface area contributed by atoms with Gasteiger partial charge in [0.2, 0.25) is 0 Å². The van der Waals surface area contributed by atoms with Gasteiger partial charge >= 0.3 is 0 Å². The number of nitrogen functional groups attached to an aromatic ring is 1. The summed E-state index contributed by atoms with van der Waals surface area (Å²) in [6, 6.07) is 3.63. The predicted octanol–water partition coefficient (Wildman–Crippen LogP) is 2.37. The van der Waals surface area contributed by atoms with Gasteiger partial charge in [-0.25, -0.2) is 28.4 Å². The molecule has 1 aliphatic rings. The molecule has 28 heavy (non-hydrogen) atoms. The largest absolute Gasteiger partial charge is 0.384 e. The van der Waals surface area contributed by atoms with E-state index in [1.807, 2.05) is 13.0 Å². The van der Waals surface area contributed by atoms with Crippen molar-refractivity contribution < 1.29 is 8.42 Å². The average Bonchev–Trinajstić information content (AvgIpc) is 3.29. The zero-order valence-corrected chi connectivity index (χ0v) is 17.2. The summed E-state index contributed by atoms with van der Waals surface area (Å²) in [7, 11) is -3.56. The van der Waals surface area contributed by atoms with Crippen molar-refractivity contribution in [3.05, 3.63) is 47.2 Å². The second kappa shape index (κ2) is 7.19. The van der Waals surface area contributed by atoms with E-state index in [4.69, 9.17) is 5.73 Å². The third-order valence-electron chi connectivity index (χ3n) is 4.81. The fourth-order valence-corrected chi connectivity index (χ4v) is 6.66. The first-order chi connectivity index (χ1) is 13.4. The molecule has 1 fully saturated rings. The molecule has 0 aromatic carbocycles. The number of sulfonamides is 1. The van der Waals surface area contributed by atoms with Crippen LogP contribution in [0.3, 0.4) is 0 Å². The Morgan fingerprint density at radius 1 is 1.29 bits per heavy atom. The predicted molar refractivity (Wildman–Crippen MR) is 107 cm³/mol. The number of nitrogens with zero attached hydrogens (tertiary/aromatic N) is 5. The third-order valence-corrected chi connectivity index (χ3v) is 8.33.